The summed E-state index contributed by atoms with van der Waals surface area (Å²) in [5, 5.41) is 12.5. The Bertz CT molecular complexity index is 1110. The minimum atomic E-state index is -0.709. The van der Waals surface area contributed by atoms with Gasteiger partial charge in [-0.1, -0.05) is 18.6 Å². The molecule has 2 saturated carbocycles. The van der Waals surface area contributed by atoms with Crippen molar-refractivity contribution in [1.29, 1.82) is 0 Å². The summed E-state index contributed by atoms with van der Waals surface area (Å²) in [6.07, 6.45) is 7.47. The zero-order valence-electron chi connectivity index (χ0n) is 19.1. The van der Waals surface area contributed by atoms with Gasteiger partial charge in [-0.2, -0.15) is 0 Å². The number of fused-ring (bicyclic) bond motifs is 3. The van der Waals surface area contributed by atoms with E-state index in [1.54, 1.807) is 24.3 Å². The first-order valence-corrected chi connectivity index (χ1v) is 12.1. The molecular weight excluding hydrogens is 438 g/mol. The Labute approximate surface area is 197 Å². The second-order valence-corrected chi connectivity index (χ2v) is 9.40. The van der Waals surface area contributed by atoms with Crippen molar-refractivity contribution in [3.63, 3.8) is 0 Å². The predicted octanol–water partition coefficient (Wildman–Crippen LogP) is 2.84. The van der Waals surface area contributed by atoms with E-state index in [-0.39, 0.29) is 43.0 Å². The molecule has 2 bridgehead atoms. The van der Waals surface area contributed by atoms with Crippen LogP contribution in [-0.2, 0) is 19.0 Å². The van der Waals surface area contributed by atoms with Crippen LogP contribution in [0, 0.1) is 11.8 Å². The Morgan fingerprint density at radius 1 is 1.12 bits per heavy atom. The maximum atomic E-state index is 13.2. The quantitative estimate of drug-likeness (QED) is 0.544. The number of amides is 1. The molecule has 1 aliphatic heterocycles. The minimum Gasteiger partial charge on any atom is -0.464 e. The lowest BCUT2D eigenvalue weighted by atomic mass is 9.92. The second kappa shape index (κ2) is 10.3. The van der Waals surface area contributed by atoms with Crippen LogP contribution in [0.4, 0.5) is 0 Å². The van der Waals surface area contributed by atoms with Crippen LogP contribution in [0.5, 0.6) is 0 Å². The lowest BCUT2D eigenvalue weighted by Gasteiger charge is -2.30. The predicted molar refractivity (Wildman–Crippen MR) is 124 cm³/mol. The topological polar surface area (TPSA) is 107 Å². The summed E-state index contributed by atoms with van der Waals surface area (Å²) < 4.78 is 22.7. The summed E-state index contributed by atoms with van der Waals surface area (Å²) in [5.74, 6) is 0.767. The number of para-hydroxylation sites is 1. The monoisotopic (exact) mass is 469 g/mol. The Balaban J connectivity index is 1.36. The van der Waals surface area contributed by atoms with Crippen LogP contribution >= 0.6 is 0 Å². The third-order valence-corrected chi connectivity index (χ3v) is 7.21. The van der Waals surface area contributed by atoms with E-state index in [0.717, 1.165) is 12.8 Å². The number of allylic oxidation sites excluding steroid dienone is 1. The largest absolute Gasteiger partial charge is 0.464 e. The number of carbonyl (C=O) groups excluding carboxylic acids is 1. The fourth-order valence-corrected chi connectivity index (χ4v) is 5.55. The normalized spacial score (nSPS) is 28.0. The lowest BCUT2D eigenvalue weighted by Crippen LogP contribution is -2.41. The Hall–Kier alpha value is -2.68. The molecule has 2 aromatic rings. The number of hydrogen-bond acceptors (Lipinski definition) is 7. The molecule has 5 atom stereocenters. The molecule has 182 valence electrons. The van der Waals surface area contributed by atoms with Gasteiger partial charge in [-0.15, -0.1) is 0 Å². The summed E-state index contributed by atoms with van der Waals surface area (Å²) >= 11 is 0. The van der Waals surface area contributed by atoms with Gasteiger partial charge in [0.1, 0.15) is 5.58 Å². The Kier molecular flexibility index (Phi) is 6.99. The van der Waals surface area contributed by atoms with Crippen LogP contribution in [0.2, 0.25) is 0 Å². The third-order valence-electron chi connectivity index (χ3n) is 7.21. The first-order valence-electron chi connectivity index (χ1n) is 12.1. The van der Waals surface area contributed by atoms with Crippen molar-refractivity contribution < 1.29 is 28.5 Å². The summed E-state index contributed by atoms with van der Waals surface area (Å²) in [5.41, 5.74) is 0.871. The number of aliphatic hydroxyl groups is 1. The average Bonchev–Trinajstić information content (AvgIpc) is 3.47. The van der Waals surface area contributed by atoms with Gasteiger partial charge in [0.2, 0.25) is 6.29 Å². The van der Waals surface area contributed by atoms with Crippen LogP contribution in [0.1, 0.15) is 43.6 Å². The maximum absolute atomic E-state index is 13.2. The first-order chi connectivity index (χ1) is 16.6. The van der Waals surface area contributed by atoms with E-state index in [1.165, 1.54) is 19.1 Å². The van der Waals surface area contributed by atoms with Gasteiger partial charge in [0.05, 0.1) is 38.1 Å². The molecule has 2 N–H and O–H groups in total. The van der Waals surface area contributed by atoms with Gasteiger partial charge >= 0.3 is 0 Å². The lowest BCUT2D eigenvalue weighted by molar-refractivity contribution is -0.151. The van der Waals surface area contributed by atoms with Crippen molar-refractivity contribution in [3.05, 3.63) is 58.2 Å². The van der Waals surface area contributed by atoms with Gasteiger partial charge in [-0.25, -0.2) is 0 Å². The van der Waals surface area contributed by atoms with Crippen LogP contribution in [-0.4, -0.2) is 49.8 Å². The molecule has 1 aromatic carbocycles. The van der Waals surface area contributed by atoms with E-state index in [0.29, 0.717) is 41.4 Å². The molecule has 8 heteroatoms. The Morgan fingerprint density at radius 3 is 2.79 bits per heavy atom. The van der Waals surface area contributed by atoms with Crippen molar-refractivity contribution in [3.8, 4) is 0 Å². The number of aliphatic hydroxyl groups excluding tert-OH is 1. The average molecular weight is 470 g/mol. The highest BCUT2D eigenvalue weighted by Crippen LogP contribution is 2.44. The molecule has 1 amide bonds. The van der Waals surface area contributed by atoms with Crippen LogP contribution in [0.3, 0.4) is 0 Å². The molecule has 2 heterocycles. The maximum Gasteiger partial charge on any atom is 0.286 e. The van der Waals surface area contributed by atoms with Gasteiger partial charge in [0, 0.05) is 23.9 Å². The second-order valence-electron chi connectivity index (χ2n) is 9.40. The van der Waals surface area contributed by atoms with Crippen molar-refractivity contribution in [1.82, 2.24) is 5.32 Å². The van der Waals surface area contributed by atoms with E-state index in [2.05, 4.69) is 5.32 Å². The SMILES string of the molecule is O=C(NC1CC2CCC1C2)C1=CC(c2coc3ccccc3c2=O)CC(OCCOCCO)O1. The van der Waals surface area contributed by atoms with Crippen molar-refractivity contribution in [2.45, 2.75) is 50.4 Å². The fraction of sp³-hybridized carbons (Fsp3) is 0.538. The van der Waals surface area contributed by atoms with Crippen molar-refractivity contribution in [2.75, 3.05) is 26.4 Å². The number of hydrogen-bond donors (Lipinski definition) is 2. The molecule has 8 nitrogen and oxygen atoms in total. The number of rotatable bonds is 9. The summed E-state index contributed by atoms with van der Waals surface area (Å²) in [4.78, 5) is 26.3. The van der Waals surface area contributed by atoms with Crippen LogP contribution in [0.25, 0.3) is 11.0 Å². The van der Waals surface area contributed by atoms with E-state index < -0.39 is 12.2 Å². The highest BCUT2D eigenvalue weighted by molar-refractivity contribution is 5.92. The molecule has 3 aliphatic rings. The van der Waals surface area contributed by atoms with Gasteiger partial charge in [0.15, 0.2) is 11.2 Å². The highest BCUT2D eigenvalue weighted by atomic mass is 16.7. The molecule has 34 heavy (non-hydrogen) atoms. The van der Waals surface area contributed by atoms with E-state index >= 15 is 0 Å². The van der Waals surface area contributed by atoms with E-state index in [4.69, 9.17) is 23.7 Å². The molecule has 5 unspecified atom stereocenters. The molecule has 2 fully saturated rings. The van der Waals surface area contributed by atoms with Gasteiger partial charge in [0.25, 0.3) is 5.91 Å². The molecular formula is C26H31NO7. The van der Waals surface area contributed by atoms with Crippen molar-refractivity contribution >= 4 is 16.9 Å². The molecule has 5 rings (SSSR count). The highest BCUT2D eigenvalue weighted by Gasteiger charge is 2.41. The molecule has 1 aromatic heterocycles. The zero-order valence-corrected chi connectivity index (χ0v) is 19.1. The first kappa shape index (κ1) is 23.1. The summed E-state index contributed by atoms with van der Waals surface area (Å²) in [6.45, 7) is 0.702. The fourth-order valence-electron chi connectivity index (χ4n) is 5.55. The zero-order chi connectivity index (χ0) is 23.5. The third kappa shape index (κ3) is 4.89. The minimum absolute atomic E-state index is 0.0597. The van der Waals surface area contributed by atoms with Crippen LogP contribution in [0.15, 0.2) is 51.6 Å². The number of carbonyl (C=O) groups is 1. The number of nitrogens with one attached hydrogen (secondary N) is 1. The summed E-state index contributed by atoms with van der Waals surface area (Å²) in [6, 6.07) is 7.29. The van der Waals surface area contributed by atoms with Gasteiger partial charge < -0.3 is 29.1 Å². The van der Waals surface area contributed by atoms with Gasteiger partial charge in [-0.3, -0.25) is 9.59 Å². The molecule has 0 saturated heterocycles. The summed E-state index contributed by atoms with van der Waals surface area (Å²) in [7, 11) is 0. The molecule has 0 spiro atoms. The van der Waals surface area contributed by atoms with Crippen LogP contribution < -0.4 is 10.7 Å². The molecule has 2 aliphatic carbocycles. The standard InChI is InChI=1S/C26H31NO7/c28-7-8-31-9-10-32-24-14-18(20-15-33-22-4-2-1-3-19(22)25(20)29)13-23(34-24)26(30)27-21-12-16-5-6-17(21)11-16/h1-4,13,15-18,21,24,28H,5-12,14H2,(H,27,30). The smallest absolute Gasteiger partial charge is 0.286 e. The van der Waals surface area contributed by atoms with Crippen molar-refractivity contribution in [2.24, 2.45) is 11.8 Å². The molecule has 0 radical (unpaired) electrons. The van der Waals surface area contributed by atoms with E-state index in [9.17, 15) is 9.59 Å². The van der Waals surface area contributed by atoms with Gasteiger partial charge in [-0.05, 0) is 49.3 Å². The van der Waals surface area contributed by atoms with E-state index in [1.807, 2.05) is 6.07 Å². The number of ether oxygens (including phenoxy) is 3. The Morgan fingerprint density at radius 2 is 2.00 bits per heavy atom. The number of benzene rings is 1.